The lowest BCUT2D eigenvalue weighted by atomic mass is 10.1. The van der Waals surface area contributed by atoms with E-state index in [1.54, 1.807) is 0 Å². The van der Waals surface area contributed by atoms with Crippen molar-refractivity contribution < 1.29 is 0 Å². The molecule has 0 saturated carbocycles. The minimum absolute atomic E-state index is 1.18. The molecule has 0 radical (unpaired) electrons. The van der Waals surface area contributed by atoms with E-state index in [2.05, 4.69) is 10.6 Å². The summed E-state index contributed by atoms with van der Waals surface area (Å²) in [6.07, 6.45) is 9.73. The van der Waals surface area contributed by atoms with Gasteiger partial charge in [-0.2, -0.15) is 0 Å². The third-order valence-corrected chi connectivity index (χ3v) is 2.35. The van der Waals surface area contributed by atoms with Crippen molar-refractivity contribution in [2.45, 2.75) is 44.9 Å². The maximum atomic E-state index is 3.18. The Balaban J connectivity index is 2.76. The summed E-state index contributed by atoms with van der Waals surface area (Å²) < 4.78 is 0. The quantitative estimate of drug-likeness (QED) is 0.511. The lowest BCUT2D eigenvalue weighted by molar-refractivity contribution is 0.563. The predicted octanol–water partition coefficient (Wildman–Crippen LogP) is 2.16. The van der Waals surface area contributed by atoms with E-state index in [9.17, 15) is 0 Å². The first-order valence-electron chi connectivity index (χ1n) is 5.71. The van der Waals surface area contributed by atoms with Crippen molar-refractivity contribution in [2.24, 2.45) is 0 Å². The first kappa shape index (κ1) is 12.9. The second-order valence-electron chi connectivity index (χ2n) is 3.68. The molecule has 0 amide bonds. The number of nitrogens with one attached hydrogen (secondary N) is 2. The molecule has 13 heavy (non-hydrogen) atoms. The zero-order valence-corrected chi connectivity index (χ0v) is 9.36. The highest BCUT2D eigenvalue weighted by Crippen LogP contribution is 2.06. The van der Waals surface area contributed by atoms with Crippen molar-refractivity contribution in [3.63, 3.8) is 0 Å². The Morgan fingerprint density at radius 3 is 1.15 bits per heavy atom. The monoisotopic (exact) mass is 186 g/mol. The molecule has 2 nitrogen and oxygen atoms in total. The van der Waals surface area contributed by atoms with Crippen LogP contribution >= 0.6 is 0 Å². The SMILES string of the molecule is CNCCCCCCCCCNC. The fourth-order valence-electron chi connectivity index (χ4n) is 1.49. The molecule has 0 bridgehead atoms. The van der Waals surface area contributed by atoms with Crippen LogP contribution in [0.1, 0.15) is 44.9 Å². The molecular formula is C11H26N2. The van der Waals surface area contributed by atoms with Crippen molar-refractivity contribution in [1.29, 1.82) is 0 Å². The van der Waals surface area contributed by atoms with Gasteiger partial charge in [-0.3, -0.25) is 0 Å². The van der Waals surface area contributed by atoms with Gasteiger partial charge < -0.3 is 10.6 Å². The highest BCUT2D eigenvalue weighted by Gasteiger charge is 1.90. The van der Waals surface area contributed by atoms with E-state index in [0.29, 0.717) is 0 Å². The molecule has 0 unspecified atom stereocenters. The minimum Gasteiger partial charge on any atom is -0.320 e. The summed E-state index contributed by atoms with van der Waals surface area (Å²) in [5.74, 6) is 0. The van der Waals surface area contributed by atoms with Gasteiger partial charge >= 0.3 is 0 Å². The van der Waals surface area contributed by atoms with Crippen molar-refractivity contribution >= 4 is 0 Å². The van der Waals surface area contributed by atoms with Crippen LogP contribution in [0.5, 0.6) is 0 Å². The Morgan fingerprint density at radius 1 is 0.538 bits per heavy atom. The average Bonchev–Trinajstić information content (AvgIpc) is 2.16. The molecule has 0 aromatic carbocycles. The Bertz CT molecular complexity index is 74.2. The van der Waals surface area contributed by atoms with Gasteiger partial charge in [-0.25, -0.2) is 0 Å². The molecule has 0 heterocycles. The highest BCUT2D eigenvalue weighted by atomic mass is 14.8. The molecule has 0 spiro atoms. The second kappa shape index (κ2) is 11.9. The van der Waals surface area contributed by atoms with Gasteiger partial charge in [0, 0.05) is 0 Å². The number of rotatable bonds is 10. The zero-order chi connectivity index (χ0) is 9.78. The smallest absolute Gasteiger partial charge is 0.00519 e. The molecule has 0 aliphatic heterocycles. The summed E-state index contributed by atoms with van der Waals surface area (Å²) in [6, 6.07) is 0. The molecule has 0 saturated heterocycles. The summed E-state index contributed by atoms with van der Waals surface area (Å²) in [5, 5.41) is 6.36. The number of hydrogen-bond donors (Lipinski definition) is 2. The van der Waals surface area contributed by atoms with Gasteiger partial charge in [0.1, 0.15) is 0 Å². The molecule has 0 aliphatic rings. The highest BCUT2D eigenvalue weighted by molar-refractivity contribution is 4.48. The Kier molecular flexibility index (Phi) is 11.8. The third-order valence-electron chi connectivity index (χ3n) is 2.35. The van der Waals surface area contributed by atoms with Gasteiger partial charge in [0.15, 0.2) is 0 Å². The van der Waals surface area contributed by atoms with Crippen LogP contribution in [0.15, 0.2) is 0 Å². The van der Waals surface area contributed by atoms with Crippen molar-refractivity contribution in [2.75, 3.05) is 27.2 Å². The average molecular weight is 186 g/mol. The van der Waals surface area contributed by atoms with E-state index in [-0.39, 0.29) is 0 Å². The third kappa shape index (κ3) is 11.9. The summed E-state index contributed by atoms with van der Waals surface area (Å²) in [4.78, 5) is 0. The normalized spacial score (nSPS) is 10.6. The summed E-state index contributed by atoms with van der Waals surface area (Å²) in [7, 11) is 4.05. The van der Waals surface area contributed by atoms with E-state index in [1.807, 2.05) is 14.1 Å². The molecule has 2 N–H and O–H groups in total. The summed E-state index contributed by atoms with van der Waals surface area (Å²) in [6.45, 7) is 2.36. The van der Waals surface area contributed by atoms with Gasteiger partial charge in [-0.15, -0.1) is 0 Å². The predicted molar refractivity (Wildman–Crippen MR) is 60.2 cm³/mol. The van der Waals surface area contributed by atoms with Crippen LogP contribution < -0.4 is 10.6 Å². The molecule has 0 fully saturated rings. The fourth-order valence-corrected chi connectivity index (χ4v) is 1.49. The molecule has 0 aliphatic carbocycles. The van der Waals surface area contributed by atoms with E-state index in [1.165, 1.54) is 58.0 Å². The van der Waals surface area contributed by atoms with E-state index < -0.39 is 0 Å². The van der Waals surface area contributed by atoms with Gasteiger partial charge in [0.05, 0.1) is 0 Å². The molecular weight excluding hydrogens is 160 g/mol. The van der Waals surface area contributed by atoms with Crippen LogP contribution in [0.4, 0.5) is 0 Å². The summed E-state index contributed by atoms with van der Waals surface area (Å²) >= 11 is 0. The topological polar surface area (TPSA) is 24.1 Å². The van der Waals surface area contributed by atoms with Crippen LogP contribution in [0.2, 0.25) is 0 Å². The van der Waals surface area contributed by atoms with Crippen molar-refractivity contribution in [3.05, 3.63) is 0 Å². The molecule has 0 rings (SSSR count). The fraction of sp³-hybridized carbons (Fsp3) is 1.00. The lowest BCUT2D eigenvalue weighted by Gasteiger charge is -2.01. The lowest BCUT2D eigenvalue weighted by Crippen LogP contribution is -2.07. The maximum Gasteiger partial charge on any atom is -0.00519 e. The number of unbranched alkanes of at least 4 members (excludes halogenated alkanes) is 6. The Morgan fingerprint density at radius 2 is 0.846 bits per heavy atom. The minimum atomic E-state index is 1.18. The van der Waals surface area contributed by atoms with Gasteiger partial charge in [0.25, 0.3) is 0 Å². The molecule has 80 valence electrons. The second-order valence-corrected chi connectivity index (χ2v) is 3.68. The van der Waals surface area contributed by atoms with Gasteiger partial charge in [-0.05, 0) is 40.0 Å². The van der Waals surface area contributed by atoms with Crippen LogP contribution in [-0.2, 0) is 0 Å². The molecule has 0 aromatic rings. The van der Waals surface area contributed by atoms with Crippen molar-refractivity contribution in [1.82, 2.24) is 10.6 Å². The van der Waals surface area contributed by atoms with E-state index >= 15 is 0 Å². The van der Waals surface area contributed by atoms with Crippen LogP contribution in [0.3, 0.4) is 0 Å². The summed E-state index contributed by atoms with van der Waals surface area (Å²) in [5.41, 5.74) is 0. The first-order chi connectivity index (χ1) is 6.41. The Hall–Kier alpha value is -0.0800. The maximum absolute atomic E-state index is 3.18. The molecule has 2 heteroatoms. The molecule has 0 aromatic heterocycles. The van der Waals surface area contributed by atoms with Crippen LogP contribution in [0.25, 0.3) is 0 Å². The van der Waals surface area contributed by atoms with E-state index in [0.717, 1.165) is 0 Å². The zero-order valence-electron chi connectivity index (χ0n) is 9.36. The van der Waals surface area contributed by atoms with Gasteiger partial charge in [-0.1, -0.05) is 32.1 Å². The molecule has 0 atom stereocenters. The standard InChI is InChI=1S/C11H26N2/c1-12-10-8-6-4-3-5-7-9-11-13-2/h12-13H,3-11H2,1-2H3. The largest absolute Gasteiger partial charge is 0.320 e. The van der Waals surface area contributed by atoms with Crippen LogP contribution in [0, 0.1) is 0 Å². The number of hydrogen-bond acceptors (Lipinski definition) is 2. The Labute approximate surface area is 83.5 Å². The van der Waals surface area contributed by atoms with E-state index in [4.69, 9.17) is 0 Å². The first-order valence-corrected chi connectivity index (χ1v) is 5.71. The van der Waals surface area contributed by atoms with Crippen LogP contribution in [-0.4, -0.2) is 27.2 Å². The van der Waals surface area contributed by atoms with Crippen molar-refractivity contribution in [3.8, 4) is 0 Å². The van der Waals surface area contributed by atoms with Gasteiger partial charge in [0.2, 0.25) is 0 Å².